The van der Waals surface area contributed by atoms with E-state index in [1.807, 2.05) is 0 Å². The van der Waals surface area contributed by atoms with Crippen LogP contribution in [0, 0.1) is 64.8 Å². The Hall–Kier alpha value is 0.659. The van der Waals surface area contributed by atoms with Crippen LogP contribution in [0.15, 0.2) is 0 Å². The molecule has 4 heteroatoms. The van der Waals surface area contributed by atoms with Crippen molar-refractivity contribution in [1.29, 1.82) is 0 Å². The first kappa shape index (κ1) is 13.7. The molecule has 0 aromatic heterocycles. The average Bonchev–Trinajstić information content (AvgIpc) is 2.05. The molecule has 0 unspecified atom stereocenters. The third-order valence-corrected chi connectivity index (χ3v) is 3.12. The Morgan fingerprint density at radius 2 is 1.23 bits per heavy atom. The van der Waals surface area contributed by atoms with Gasteiger partial charge >= 0.3 is 0 Å². The van der Waals surface area contributed by atoms with Crippen molar-refractivity contribution in [1.82, 2.24) is 4.90 Å². The third kappa shape index (κ3) is 1.64. The molecule has 1 heterocycles. The molecule has 0 bridgehead atoms. The Labute approximate surface area is 117 Å². The molecule has 0 saturated carbocycles. The molecule has 0 spiro atoms. The molecule has 0 aromatic carbocycles. The normalized spacial score (nSPS) is 24.5. The van der Waals surface area contributed by atoms with Crippen LogP contribution >= 0.6 is 0 Å². The standard InChI is InChI=1S/C9H14NO2.Yb/c1-8(2)6(11)10(5)7(12)9(8,3)4;/h5H2,1-4H3;/q-1;. The summed E-state index contributed by atoms with van der Waals surface area (Å²) in [6.45, 7) is 7.10. The second-order valence-corrected chi connectivity index (χ2v) is 4.29. The predicted octanol–water partition coefficient (Wildman–Crippen LogP) is 1.20. The average molecular weight is 341 g/mol. The molecule has 1 fully saturated rings. The van der Waals surface area contributed by atoms with Gasteiger partial charge in [-0.05, 0) is 0 Å². The summed E-state index contributed by atoms with van der Waals surface area (Å²) < 4.78 is 0. The van der Waals surface area contributed by atoms with Crippen LogP contribution in [0.25, 0.3) is 0 Å². The van der Waals surface area contributed by atoms with Crippen LogP contribution in [0.2, 0.25) is 0 Å². The number of imide groups is 1. The number of hydrogen-bond donors (Lipinski definition) is 0. The number of nitrogens with zero attached hydrogens (tertiary/aromatic N) is 1. The van der Waals surface area contributed by atoms with Gasteiger partial charge in [0, 0.05) is 46.9 Å². The molecule has 0 aliphatic carbocycles. The van der Waals surface area contributed by atoms with Crippen LogP contribution in [0.5, 0.6) is 0 Å². The van der Waals surface area contributed by atoms with Crippen molar-refractivity contribution >= 4 is 11.8 Å². The smallest absolute Gasteiger partial charge is 0.206 e. The first-order valence-electron chi connectivity index (χ1n) is 3.92. The van der Waals surface area contributed by atoms with Gasteiger partial charge in [0.25, 0.3) is 0 Å². The molecule has 1 aliphatic heterocycles. The van der Waals surface area contributed by atoms with E-state index in [0.717, 1.165) is 4.90 Å². The first-order valence-corrected chi connectivity index (χ1v) is 3.92. The molecule has 0 N–H and O–H groups in total. The Kier molecular flexibility index (Phi) is 3.85. The van der Waals surface area contributed by atoms with Crippen LogP contribution in [-0.2, 0) is 9.59 Å². The van der Waals surface area contributed by atoms with E-state index < -0.39 is 10.8 Å². The number of amides is 2. The summed E-state index contributed by atoms with van der Waals surface area (Å²) in [6, 6.07) is 0. The Morgan fingerprint density at radius 1 is 1.00 bits per heavy atom. The Bertz CT molecular complexity index is 232. The summed E-state index contributed by atoms with van der Waals surface area (Å²) in [5.74, 6) is -0.394. The molecule has 1 saturated heterocycles. The molecule has 2 amide bonds. The number of hydrogen-bond acceptors (Lipinski definition) is 2. The molecule has 1 aliphatic rings. The van der Waals surface area contributed by atoms with Gasteiger partial charge < -0.3 is 4.90 Å². The van der Waals surface area contributed by atoms with Gasteiger partial charge in [-0.1, -0.05) is 27.7 Å². The van der Waals surface area contributed by atoms with Crippen LogP contribution in [0.1, 0.15) is 27.7 Å². The summed E-state index contributed by atoms with van der Waals surface area (Å²) in [5.41, 5.74) is -1.27. The van der Waals surface area contributed by atoms with Crippen molar-refractivity contribution < 1.29 is 56.5 Å². The second kappa shape index (κ2) is 3.67. The van der Waals surface area contributed by atoms with E-state index in [1.54, 1.807) is 27.7 Å². The maximum Gasteiger partial charge on any atom is 0.206 e. The van der Waals surface area contributed by atoms with E-state index in [4.69, 9.17) is 0 Å². The fourth-order valence-electron chi connectivity index (χ4n) is 1.30. The number of likely N-dealkylation sites (tertiary alicyclic amines) is 1. The molecule has 0 aromatic rings. The minimum Gasteiger partial charge on any atom is -0.437 e. The third-order valence-electron chi connectivity index (χ3n) is 3.12. The van der Waals surface area contributed by atoms with Crippen molar-refractivity contribution in [2.24, 2.45) is 10.8 Å². The Balaban J connectivity index is 0.00000144. The van der Waals surface area contributed by atoms with Gasteiger partial charge in [0.1, 0.15) is 0 Å². The van der Waals surface area contributed by atoms with Crippen molar-refractivity contribution in [3.05, 3.63) is 7.05 Å². The van der Waals surface area contributed by atoms with E-state index in [-0.39, 0.29) is 58.7 Å². The summed E-state index contributed by atoms with van der Waals surface area (Å²) in [5, 5.41) is 0. The summed E-state index contributed by atoms with van der Waals surface area (Å²) >= 11 is 0. The Morgan fingerprint density at radius 3 is 1.31 bits per heavy atom. The minimum absolute atomic E-state index is 0. The van der Waals surface area contributed by atoms with Crippen LogP contribution < -0.4 is 0 Å². The van der Waals surface area contributed by atoms with Gasteiger partial charge in [0.15, 0.2) is 0 Å². The molecule has 3 nitrogen and oxygen atoms in total. The van der Waals surface area contributed by atoms with Crippen molar-refractivity contribution in [3.8, 4) is 0 Å². The quantitative estimate of drug-likeness (QED) is 0.491. The van der Waals surface area contributed by atoms with Gasteiger partial charge in [-0.2, -0.15) is 0 Å². The topological polar surface area (TPSA) is 37.4 Å². The van der Waals surface area contributed by atoms with Crippen molar-refractivity contribution in [3.63, 3.8) is 0 Å². The monoisotopic (exact) mass is 342 g/mol. The molecule has 82 valence electrons. The number of rotatable bonds is 0. The zero-order valence-electron chi connectivity index (χ0n) is 8.24. The fourth-order valence-corrected chi connectivity index (χ4v) is 1.30. The maximum atomic E-state index is 11.5. The fraction of sp³-hybridized carbons (Fsp3) is 0.667. The van der Waals surface area contributed by atoms with E-state index in [0.29, 0.717) is 0 Å². The van der Waals surface area contributed by atoms with Crippen molar-refractivity contribution in [2.45, 2.75) is 27.7 Å². The number of carbonyl (C=O) groups excluding carboxylic acids is 2. The molecule has 13 heavy (non-hydrogen) atoms. The van der Waals surface area contributed by atoms with Gasteiger partial charge in [-0.3, -0.25) is 9.59 Å². The molecular weight excluding hydrogens is 327 g/mol. The van der Waals surface area contributed by atoms with E-state index in [2.05, 4.69) is 7.05 Å². The molecule has 0 atom stereocenters. The van der Waals surface area contributed by atoms with E-state index in [9.17, 15) is 9.59 Å². The molecule has 0 radical (unpaired) electrons. The van der Waals surface area contributed by atoms with Crippen LogP contribution in [0.3, 0.4) is 0 Å². The van der Waals surface area contributed by atoms with Gasteiger partial charge in [-0.25, -0.2) is 7.05 Å². The van der Waals surface area contributed by atoms with Crippen LogP contribution in [0.4, 0.5) is 0 Å². The zero-order chi connectivity index (χ0) is 9.73. The zero-order valence-corrected chi connectivity index (χ0v) is 9.95. The van der Waals surface area contributed by atoms with Gasteiger partial charge in [0.2, 0.25) is 11.8 Å². The largest absolute Gasteiger partial charge is 0.437 e. The minimum atomic E-state index is -0.633. The van der Waals surface area contributed by atoms with Crippen LogP contribution in [-0.4, -0.2) is 16.7 Å². The molecular formula is C9H14NO2Yb-. The first-order chi connectivity index (χ1) is 5.23. The summed E-state index contributed by atoms with van der Waals surface area (Å²) in [7, 11) is 3.43. The number of carbonyl (C=O) groups is 2. The second-order valence-electron chi connectivity index (χ2n) is 4.29. The van der Waals surface area contributed by atoms with Crippen molar-refractivity contribution in [2.75, 3.05) is 0 Å². The summed E-state index contributed by atoms with van der Waals surface area (Å²) in [4.78, 5) is 24.0. The predicted molar refractivity (Wildman–Crippen MR) is 44.8 cm³/mol. The SMILES string of the molecule is [CH2-]N1C(=O)C(C)(C)C(C)(C)C1=O.[Yb]. The van der Waals surface area contributed by atoms with E-state index >= 15 is 0 Å². The van der Waals surface area contributed by atoms with E-state index in [1.165, 1.54) is 0 Å². The van der Waals surface area contributed by atoms with Gasteiger partial charge in [-0.15, -0.1) is 0 Å². The summed E-state index contributed by atoms with van der Waals surface area (Å²) in [6.07, 6.45) is 0. The maximum absolute atomic E-state index is 11.5. The molecule has 1 rings (SSSR count). The van der Waals surface area contributed by atoms with Gasteiger partial charge in [0.05, 0.1) is 10.8 Å².